The van der Waals surface area contributed by atoms with Gasteiger partial charge in [-0.2, -0.15) is 0 Å². The van der Waals surface area contributed by atoms with Gasteiger partial charge in [-0.25, -0.2) is 0 Å². The Kier molecular flexibility index (Phi) is 20.6. The highest BCUT2D eigenvalue weighted by molar-refractivity contribution is 6.15. The Morgan fingerprint density at radius 2 is 0.388 bits per heavy atom. The molecule has 0 unspecified atom stereocenters. The van der Waals surface area contributed by atoms with Crippen LogP contribution in [0.5, 0.6) is 0 Å². The molecule has 0 saturated heterocycles. The average molecular weight is 1660 g/mol. The Labute approximate surface area is 750 Å². The van der Waals surface area contributed by atoms with Crippen molar-refractivity contribution >= 4 is 117 Å². The summed E-state index contributed by atoms with van der Waals surface area (Å²) in [6.07, 6.45) is 0. The largest absolute Gasteiger partial charge is 0.455 e. The topological polar surface area (TPSA) is 49.1 Å². The average Bonchev–Trinajstić information content (AvgIpc) is 1.59. The molecular weight excluding hydrogens is 1570 g/mol. The van der Waals surface area contributed by atoms with Gasteiger partial charge in [-0.05, 0) is 211 Å². The highest BCUT2D eigenvalue weighted by atomic mass is 16.3. The van der Waals surface area contributed by atoms with E-state index in [1.54, 1.807) is 0 Å². The van der Waals surface area contributed by atoms with Gasteiger partial charge < -0.3 is 28.0 Å². The molecule has 0 radical (unpaired) electrons. The van der Waals surface area contributed by atoms with E-state index in [4.69, 9.17) is 13.3 Å². The minimum atomic E-state index is -0.106. The first-order chi connectivity index (χ1) is 63.7. The SMILES string of the molecule is CC1(C)c2ccccc2-c2ccc(N(c3ccc(-c4ccccc4)cc3)c3cc(-c4ccccc4)c4oc5ccccc5c4c3)cc21.c1ccc(-c2ccc(N(c3ccc(-c4ccccc4)cc3)c3cc(-c4ccccc4)c4oc5ccccc5c4c3)cc2)cc1.c1ccc(-c2ccc(N(c3ccccc3)c3cc(-c4ccccc4)c4oc5ccccc5c4c3)cc2)cc1. The second kappa shape index (κ2) is 34.0. The molecule has 6 heteroatoms. The van der Waals surface area contributed by atoms with E-state index >= 15 is 0 Å². The summed E-state index contributed by atoms with van der Waals surface area (Å²) in [7, 11) is 0. The minimum Gasteiger partial charge on any atom is -0.455 e. The number of para-hydroxylation sites is 4. The highest BCUT2D eigenvalue weighted by Gasteiger charge is 2.36. The molecule has 23 aromatic rings. The van der Waals surface area contributed by atoms with Crippen LogP contribution in [0.25, 0.3) is 155 Å². The van der Waals surface area contributed by atoms with Gasteiger partial charge in [0.05, 0.1) is 0 Å². The number of rotatable bonds is 16. The van der Waals surface area contributed by atoms with Crippen molar-refractivity contribution in [1.82, 2.24) is 0 Å². The molecule has 3 aromatic heterocycles. The summed E-state index contributed by atoms with van der Waals surface area (Å²) >= 11 is 0. The lowest BCUT2D eigenvalue weighted by molar-refractivity contribution is 0.660. The summed E-state index contributed by atoms with van der Waals surface area (Å²) in [4.78, 5) is 7.07. The minimum absolute atomic E-state index is 0.106. The smallest absolute Gasteiger partial charge is 0.143 e. The van der Waals surface area contributed by atoms with E-state index in [9.17, 15) is 0 Å². The van der Waals surface area contributed by atoms with Gasteiger partial charge >= 0.3 is 0 Å². The Bertz CT molecular complexity index is 7850. The first kappa shape index (κ1) is 78.2. The lowest BCUT2D eigenvalue weighted by atomic mass is 9.82. The molecule has 1 aliphatic carbocycles. The van der Waals surface area contributed by atoms with Crippen molar-refractivity contribution in [3.05, 3.63) is 503 Å². The molecule has 0 saturated carbocycles. The molecule has 6 nitrogen and oxygen atoms in total. The van der Waals surface area contributed by atoms with Crippen LogP contribution in [0.4, 0.5) is 51.2 Å². The molecular formula is C123H87N3O3. The fourth-order valence-corrected chi connectivity index (χ4v) is 18.8. The Balaban J connectivity index is 0.000000114. The summed E-state index contributed by atoms with van der Waals surface area (Å²) in [5.74, 6) is 0. The predicted molar refractivity (Wildman–Crippen MR) is 541 cm³/mol. The number of hydrogen-bond donors (Lipinski definition) is 0. The third-order valence-corrected chi connectivity index (χ3v) is 25.2. The fraction of sp³-hybridized carbons (Fsp3) is 0.0244. The van der Waals surface area contributed by atoms with Crippen molar-refractivity contribution in [2.75, 3.05) is 14.7 Å². The Hall–Kier alpha value is -16.8. The molecule has 0 amide bonds. The molecule has 3 heterocycles. The maximum atomic E-state index is 6.55. The van der Waals surface area contributed by atoms with Crippen LogP contribution in [0.2, 0.25) is 0 Å². The number of fused-ring (bicyclic) bond motifs is 12. The van der Waals surface area contributed by atoms with Gasteiger partial charge in [-0.15, -0.1) is 0 Å². The van der Waals surface area contributed by atoms with E-state index in [1.807, 2.05) is 36.4 Å². The zero-order chi connectivity index (χ0) is 86.1. The van der Waals surface area contributed by atoms with E-state index in [1.165, 1.54) is 66.8 Å². The molecule has 1 aliphatic rings. The highest BCUT2D eigenvalue weighted by Crippen LogP contribution is 2.53. The number of anilines is 9. The Morgan fingerprint density at radius 1 is 0.155 bits per heavy atom. The standard InChI is InChI=1S/C45H33NO.C42H29NO.C36H25NO/c1-45(2)41-19-11-9-17-36(41)37-26-25-34(29-42(37)45)46(33-23-21-31(22-24-33)30-13-5-3-6-14-30)35-27-39(32-15-7-4-8-16-32)44-40(28-35)38-18-10-12-20-43(38)47-44;1-4-12-30(13-5-1)32-20-24-35(25-21-32)43(36-26-22-33(23-27-36)31-14-6-2-7-15-31)37-28-39(34-16-8-3-9-17-34)42-40(29-37)38-18-10-11-19-41(38)44-42;1-4-12-26(13-5-1)27-20-22-30(23-21-27)37(29-16-8-3-9-17-29)31-24-33(28-14-6-2-7-15-28)36-34(25-31)32-18-10-11-19-35(32)38-36/h3-29H,1-2H3;1-29H;1-25H. The van der Waals surface area contributed by atoms with Gasteiger partial charge in [0, 0.05) is 106 Å². The maximum Gasteiger partial charge on any atom is 0.143 e. The number of nitrogens with zero attached hydrogens (tertiary/aromatic N) is 3. The predicted octanol–water partition coefficient (Wildman–Crippen LogP) is 35.1. The number of benzene rings is 20. The summed E-state index contributed by atoms with van der Waals surface area (Å²) < 4.78 is 19.5. The zero-order valence-electron chi connectivity index (χ0n) is 71.3. The third-order valence-electron chi connectivity index (χ3n) is 25.2. The van der Waals surface area contributed by atoms with Crippen LogP contribution in [0.3, 0.4) is 0 Å². The molecule has 129 heavy (non-hydrogen) atoms. The van der Waals surface area contributed by atoms with Gasteiger partial charge in [-0.3, -0.25) is 0 Å². The van der Waals surface area contributed by atoms with Crippen molar-refractivity contribution < 1.29 is 13.3 Å². The quantitative estimate of drug-likeness (QED) is 0.0961. The van der Waals surface area contributed by atoms with Crippen molar-refractivity contribution in [3.8, 4) is 89.0 Å². The molecule has 0 N–H and O–H groups in total. The van der Waals surface area contributed by atoms with Crippen LogP contribution in [0.15, 0.2) is 505 Å². The molecule has 0 aliphatic heterocycles. The zero-order valence-corrected chi connectivity index (χ0v) is 71.3. The van der Waals surface area contributed by atoms with Crippen molar-refractivity contribution in [2.24, 2.45) is 0 Å². The number of furan rings is 3. The van der Waals surface area contributed by atoms with Crippen molar-refractivity contribution in [3.63, 3.8) is 0 Å². The van der Waals surface area contributed by atoms with E-state index in [0.717, 1.165) is 150 Å². The summed E-state index contributed by atoms with van der Waals surface area (Å²) in [6, 6.07) is 174. The molecule has 0 spiro atoms. The van der Waals surface area contributed by atoms with E-state index in [2.05, 4.69) is 484 Å². The third kappa shape index (κ3) is 15.1. The van der Waals surface area contributed by atoms with Crippen LogP contribution < -0.4 is 14.7 Å². The normalized spacial score (nSPS) is 11.9. The van der Waals surface area contributed by atoms with Crippen molar-refractivity contribution in [2.45, 2.75) is 19.3 Å². The molecule has 0 fully saturated rings. The Morgan fingerprint density at radius 3 is 0.705 bits per heavy atom. The van der Waals surface area contributed by atoms with Gasteiger partial charge in [-0.1, -0.05) is 378 Å². The molecule has 20 aromatic carbocycles. The van der Waals surface area contributed by atoms with Crippen LogP contribution in [0, 0.1) is 0 Å². The summed E-state index contributed by atoms with van der Waals surface area (Å²) in [5, 5.41) is 6.67. The van der Waals surface area contributed by atoms with Crippen LogP contribution >= 0.6 is 0 Å². The van der Waals surface area contributed by atoms with E-state index in [0.29, 0.717) is 0 Å². The second-order valence-corrected chi connectivity index (χ2v) is 33.4. The van der Waals surface area contributed by atoms with Gasteiger partial charge in [0.25, 0.3) is 0 Å². The monoisotopic (exact) mass is 1650 g/mol. The molecule has 0 bridgehead atoms. The second-order valence-electron chi connectivity index (χ2n) is 33.4. The maximum absolute atomic E-state index is 6.55. The van der Waals surface area contributed by atoms with Gasteiger partial charge in [0.15, 0.2) is 0 Å². The fourth-order valence-electron chi connectivity index (χ4n) is 18.8. The van der Waals surface area contributed by atoms with E-state index < -0.39 is 0 Å². The van der Waals surface area contributed by atoms with Gasteiger partial charge in [0.1, 0.15) is 33.5 Å². The molecule has 612 valence electrons. The van der Waals surface area contributed by atoms with Crippen LogP contribution in [0.1, 0.15) is 25.0 Å². The first-order valence-electron chi connectivity index (χ1n) is 44.1. The summed E-state index contributed by atoms with van der Waals surface area (Å²) in [5.41, 5.74) is 36.7. The summed E-state index contributed by atoms with van der Waals surface area (Å²) in [6.45, 7) is 4.69. The molecule has 0 atom stereocenters. The van der Waals surface area contributed by atoms with Crippen LogP contribution in [-0.4, -0.2) is 0 Å². The van der Waals surface area contributed by atoms with E-state index in [-0.39, 0.29) is 5.41 Å². The first-order valence-corrected chi connectivity index (χ1v) is 44.1. The molecule has 24 rings (SSSR count). The van der Waals surface area contributed by atoms with Crippen molar-refractivity contribution in [1.29, 1.82) is 0 Å². The number of hydrogen-bond acceptors (Lipinski definition) is 6. The lowest BCUT2D eigenvalue weighted by Gasteiger charge is -2.29. The van der Waals surface area contributed by atoms with Gasteiger partial charge in [0.2, 0.25) is 0 Å². The van der Waals surface area contributed by atoms with Crippen LogP contribution in [-0.2, 0) is 5.41 Å². The lowest BCUT2D eigenvalue weighted by Crippen LogP contribution is -2.16.